The summed E-state index contributed by atoms with van der Waals surface area (Å²) in [7, 11) is 0. The number of benzene rings is 1. The molecule has 1 rings (SSSR count). The molecule has 1 aromatic rings. The minimum absolute atomic E-state index is 0.0205. The molecule has 5 nitrogen and oxygen atoms in total. The molecule has 0 saturated heterocycles. The number of carbonyl (C=O) groups excluding carboxylic acids is 1. The highest BCUT2D eigenvalue weighted by atomic mass is 35.5. The average molecular weight is 272 g/mol. The molecule has 18 heavy (non-hydrogen) atoms. The van der Waals surface area contributed by atoms with Crippen LogP contribution in [-0.4, -0.2) is 17.5 Å². The monoisotopic (exact) mass is 271 g/mol. The number of rotatable bonds is 2. The van der Waals surface area contributed by atoms with Gasteiger partial charge in [0.15, 0.2) is 0 Å². The van der Waals surface area contributed by atoms with Crippen LogP contribution in [0.25, 0.3) is 0 Å². The summed E-state index contributed by atoms with van der Waals surface area (Å²) in [6, 6.07) is 1.64. The summed E-state index contributed by atoms with van der Waals surface area (Å²) in [4.78, 5) is 20.5. The molecule has 0 atom stereocenters. The molecule has 0 amide bonds. The summed E-state index contributed by atoms with van der Waals surface area (Å²) in [6.45, 7) is 1.77. The molecule has 94 valence electrons. The third-order valence-corrected chi connectivity index (χ3v) is 2.12. The Morgan fingerprint density at radius 3 is 2.83 bits per heavy atom. The number of nitrogens with zero attached hydrogens (tertiary/aromatic N) is 1. The lowest BCUT2D eigenvalue weighted by atomic mass is 10.2. The lowest BCUT2D eigenvalue weighted by Gasteiger charge is -1.98. The highest BCUT2D eigenvalue weighted by molar-refractivity contribution is 6.32. The van der Waals surface area contributed by atoms with Crippen molar-refractivity contribution in [2.24, 2.45) is 0 Å². The van der Waals surface area contributed by atoms with Gasteiger partial charge in [-0.2, -0.15) is 4.39 Å². The summed E-state index contributed by atoms with van der Waals surface area (Å²) < 4.78 is 17.8. The maximum absolute atomic E-state index is 13.3. The Morgan fingerprint density at radius 2 is 2.28 bits per heavy atom. The summed E-state index contributed by atoms with van der Waals surface area (Å²) >= 11 is 5.68. The second-order valence-corrected chi connectivity index (χ2v) is 3.42. The van der Waals surface area contributed by atoms with Crippen molar-refractivity contribution in [3.63, 3.8) is 0 Å². The number of carbonyl (C=O) groups is 1. The molecule has 0 heterocycles. The lowest BCUT2D eigenvalue weighted by Crippen LogP contribution is -2.00. The third-order valence-electron chi connectivity index (χ3n) is 1.81. The third kappa shape index (κ3) is 3.43. The number of nitro benzene ring substituents is 1. The van der Waals surface area contributed by atoms with Crippen LogP contribution in [0, 0.1) is 27.8 Å². The SMILES string of the molecule is CCOC(=O)C#Cc1cc(F)c([N+](=O)[O-])cc1Cl. The van der Waals surface area contributed by atoms with E-state index in [9.17, 15) is 19.3 Å². The average Bonchev–Trinajstić information content (AvgIpc) is 2.29. The predicted molar refractivity (Wildman–Crippen MR) is 61.6 cm³/mol. The Labute approximate surface area is 107 Å². The molecule has 0 spiro atoms. The molecule has 0 aliphatic rings. The quantitative estimate of drug-likeness (QED) is 0.358. The van der Waals surface area contributed by atoms with Crippen molar-refractivity contribution in [1.29, 1.82) is 0 Å². The van der Waals surface area contributed by atoms with Gasteiger partial charge in [-0.1, -0.05) is 17.5 Å². The Balaban J connectivity index is 3.09. The van der Waals surface area contributed by atoms with Crippen molar-refractivity contribution in [3.8, 4) is 11.8 Å². The van der Waals surface area contributed by atoms with Gasteiger partial charge in [-0.3, -0.25) is 10.1 Å². The van der Waals surface area contributed by atoms with Gasteiger partial charge in [0, 0.05) is 17.6 Å². The number of hydrogen-bond donors (Lipinski definition) is 0. The van der Waals surface area contributed by atoms with E-state index in [-0.39, 0.29) is 17.2 Å². The Hall–Kier alpha value is -2.13. The van der Waals surface area contributed by atoms with Crippen molar-refractivity contribution in [2.75, 3.05) is 6.61 Å². The molecule has 0 unspecified atom stereocenters. The second kappa shape index (κ2) is 5.98. The molecule has 0 aliphatic heterocycles. The molecule has 1 aromatic carbocycles. The van der Waals surface area contributed by atoms with Gasteiger partial charge in [0.05, 0.1) is 16.6 Å². The molecule has 0 aromatic heterocycles. The van der Waals surface area contributed by atoms with Crippen molar-refractivity contribution in [2.45, 2.75) is 6.92 Å². The van der Waals surface area contributed by atoms with Crippen LogP contribution in [-0.2, 0) is 9.53 Å². The molecule has 0 saturated carbocycles. The zero-order valence-corrected chi connectivity index (χ0v) is 9.95. The van der Waals surface area contributed by atoms with E-state index >= 15 is 0 Å². The van der Waals surface area contributed by atoms with E-state index in [0.717, 1.165) is 12.1 Å². The first-order chi connectivity index (χ1) is 8.45. The van der Waals surface area contributed by atoms with Crippen molar-refractivity contribution < 1.29 is 18.8 Å². The molecular formula is C11H7ClFNO4. The van der Waals surface area contributed by atoms with E-state index in [0.29, 0.717) is 0 Å². The van der Waals surface area contributed by atoms with Crippen LogP contribution in [0.5, 0.6) is 0 Å². The molecule has 0 radical (unpaired) electrons. The van der Waals surface area contributed by atoms with E-state index in [1.54, 1.807) is 6.92 Å². The van der Waals surface area contributed by atoms with Crippen LogP contribution in [0.3, 0.4) is 0 Å². The van der Waals surface area contributed by atoms with Crippen LogP contribution >= 0.6 is 11.6 Å². The van der Waals surface area contributed by atoms with Crippen LogP contribution in [0.15, 0.2) is 12.1 Å². The van der Waals surface area contributed by atoms with Gasteiger partial charge < -0.3 is 4.74 Å². The largest absolute Gasteiger partial charge is 0.456 e. The Morgan fingerprint density at radius 1 is 1.61 bits per heavy atom. The van der Waals surface area contributed by atoms with E-state index < -0.39 is 22.4 Å². The van der Waals surface area contributed by atoms with Crippen LogP contribution < -0.4 is 0 Å². The molecule has 0 aliphatic carbocycles. The first-order valence-corrected chi connectivity index (χ1v) is 5.15. The van der Waals surface area contributed by atoms with Crippen LogP contribution in [0.2, 0.25) is 5.02 Å². The van der Waals surface area contributed by atoms with E-state index in [1.807, 2.05) is 0 Å². The lowest BCUT2D eigenvalue weighted by molar-refractivity contribution is -0.387. The smallest absolute Gasteiger partial charge is 0.384 e. The number of ether oxygens (including phenoxy) is 1. The number of halogens is 2. The summed E-state index contributed by atoms with van der Waals surface area (Å²) in [5.41, 5.74) is -0.769. The topological polar surface area (TPSA) is 69.4 Å². The van der Waals surface area contributed by atoms with E-state index in [2.05, 4.69) is 16.6 Å². The van der Waals surface area contributed by atoms with Crippen molar-refractivity contribution >= 4 is 23.3 Å². The first-order valence-electron chi connectivity index (χ1n) is 4.78. The number of esters is 1. The molecular weight excluding hydrogens is 265 g/mol. The summed E-state index contributed by atoms with van der Waals surface area (Å²) in [6.07, 6.45) is 0. The minimum Gasteiger partial charge on any atom is -0.456 e. The van der Waals surface area contributed by atoms with Gasteiger partial charge in [0.25, 0.3) is 0 Å². The van der Waals surface area contributed by atoms with E-state index in [1.165, 1.54) is 0 Å². The minimum atomic E-state index is -1.07. The van der Waals surface area contributed by atoms with Crippen molar-refractivity contribution in [3.05, 3.63) is 38.7 Å². The van der Waals surface area contributed by atoms with Crippen LogP contribution in [0.1, 0.15) is 12.5 Å². The van der Waals surface area contributed by atoms with Gasteiger partial charge in [0.1, 0.15) is 0 Å². The second-order valence-electron chi connectivity index (χ2n) is 3.01. The Kier molecular flexibility index (Phi) is 4.63. The zero-order chi connectivity index (χ0) is 13.7. The summed E-state index contributed by atoms with van der Waals surface area (Å²) in [5, 5.41) is 10.3. The standard InChI is InChI=1S/C11H7ClFNO4/c1-2-18-11(15)4-3-7-5-9(13)10(14(16)17)6-8(7)12/h5-6H,2H2,1H3. The molecule has 0 N–H and O–H groups in total. The first kappa shape index (κ1) is 13.9. The fraction of sp³-hybridized carbons (Fsp3) is 0.182. The number of hydrogen-bond acceptors (Lipinski definition) is 4. The highest BCUT2D eigenvalue weighted by Gasteiger charge is 2.16. The molecule has 0 fully saturated rings. The maximum atomic E-state index is 13.3. The van der Waals surface area contributed by atoms with Gasteiger partial charge in [-0.05, 0) is 13.0 Å². The van der Waals surface area contributed by atoms with Gasteiger partial charge in [-0.15, -0.1) is 0 Å². The van der Waals surface area contributed by atoms with Gasteiger partial charge in [0.2, 0.25) is 5.82 Å². The zero-order valence-electron chi connectivity index (χ0n) is 9.20. The highest BCUT2D eigenvalue weighted by Crippen LogP contribution is 2.25. The van der Waals surface area contributed by atoms with Gasteiger partial charge >= 0.3 is 11.7 Å². The maximum Gasteiger partial charge on any atom is 0.384 e. The normalized spacial score (nSPS) is 9.28. The summed E-state index contributed by atoms with van der Waals surface area (Å²) in [5.74, 6) is 2.51. The fourth-order valence-electron chi connectivity index (χ4n) is 1.06. The predicted octanol–water partition coefficient (Wildman–Crippen LogP) is 2.30. The molecule has 0 bridgehead atoms. The fourth-order valence-corrected chi connectivity index (χ4v) is 1.26. The number of nitro groups is 1. The van der Waals surface area contributed by atoms with Crippen LogP contribution in [0.4, 0.5) is 10.1 Å². The van der Waals surface area contributed by atoms with Crippen molar-refractivity contribution in [1.82, 2.24) is 0 Å². The van der Waals surface area contributed by atoms with E-state index in [4.69, 9.17) is 11.6 Å². The van der Waals surface area contributed by atoms with Gasteiger partial charge in [-0.25, -0.2) is 4.79 Å². The Bertz CT molecular complexity index is 562. The molecule has 7 heteroatoms.